The van der Waals surface area contributed by atoms with Crippen LogP contribution in [0.1, 0.15) is 29.7 Å². The highest BCUT2D eigenvalue weighted by molar-refractivity contribution is 5.42. The van der Waals surface area contributed by atoms with Crippen LogP contribution in [0.25, 0.3) is 0 Å². The molecule has 2 nitrogen and oxygen atoms in total. The van der Waals surface area contributed by atoms with Crippen LogP contribution in [-0.2, 0) is 0 Å². The maximum Gasteiger partial charge on any atom is 0.387 e. The Morgan fingerprint density at radius 2 is 1.71 bits per heavy atom. The Hall–Kier alpha value is -1.94. The van der Waals surface area contributed by atoms with Crippen LogP contribution in [0.2, 0.25) is 0 Å². The lowest BCUT2D eigenvalue weighted by atomic mass is 9.97. The van der Waals surface area contributed by atoms with E-state index < -0.39 is 6.61 Å². The standard InChI is InChI=1S/C17H19F2NO/c1-3-20-16(13-10-8-12(2)9-11-13)14-6-4-5-7-15(14)21-17(18)19/h4-11,16-17,20H,3H2,1-2H3. The van der Waals surface area contributed by atoms with Crippen molar-refractivity contribution in [1.82, 2.24) is 5.32 Å². The molecule has 0 saturated carbocycles. The van der Waals surface area contributed by atoms with Gasteiger partial charge in [-0.15, -0.1) is 0 Å². The molecule has 1 N–H and O–H groups in total. The number of halogens is 2. The number of rotatable bonds is 6. The summed E-state index contributed by atoms with van der Waals surface area (Å²) in [5.74, 6) is 0.207. The first-order valence-electron chi connectivity index (χ1n) is 6.95. The summed E-state index contributed by atoms with van der Waals surface area (Å²) in [4.78, 5) is 0. The molecule has 2 rings (SSSR count). The molecule has 1 unspecified atom stereocenters. The van der Waals surface area contributed by atoms with Gasteiger partial charge in [0.1, 0.15) is 5.75 Å². The highest BCUT2D eigenvalue weighted by Gasteiger charge is 2.18. The zero-order valence-corrected chi connectivity index (χ0v) is 12.1. The third-order valence-corrected chi connectivity index (χ3v) is 3.27. The van der Waals surface area contributed by atoms with E-state index in [4.69, 9.17) is 0 Å². The Bertz CT molecular complexity index is 569. The molecule has 0 aliphatic heterocycles. The highest BCUT2D eigenvalue weighted by Crippen LogP contribution is 2.31. The minimum atomic E-state index is -2.83. The highest BCUT2D eigenvalue weighted by atomic mass is 19.3. The van der Waals surface area contributed by atoms with Crippen molar-refractivity contribution in [2.45, 2.75) is 26.5 Å². The smallest absolute Gasteiger partial charge is 0.387 e. The van der Waals surface area contributed by atoms with Gasteiger partial charge in [0.05, 0.1) is 6.04 Å². The molecule has 0 spiro atoms. The second-order valence-electron chi connectivity index (χ2n) is 4.82. The summed E-state index contributed by atoms with van der Waals surface area (Å²) in [6.07, 6.45) is 0. The number of aryl methyl sites for hydroxylation is 1. The van der Waals surface area contributed by atoms with E-state index in [1.807, 2.05) is 50.2 Å². The van der Waals surface area contributed by atoms with Crippen molar-refractivity contribution in [2.75, 3.05) is 6.54 Å². The second kappa shape index (κ2) is 7.18. The number of hydrogen-bond acceptors (Lipinski definition) is 2. The number of nitrogens with one attached hydrogen (secondary N) is 1. The maximum absolute atomic E-state index is 12.6. The Balaban J connectivity index is 2.40. The van der Waals surface area contributed by atoms with Gasteiger partial charge in [-0.3, -0.25) is 0 Å². The minimum absolute atomic E-state index is 0.175. The van der Waals surface area contributed by atoms with Crippen molar-refractivity contribution >= 4 is 0 Å². The van der Waals surface area contributed by atoms with E-state index in [2.05, 4.69) is 10.1 Å². The van der Waals surface area contributed by atoms with Crippen molar-refractivity contribution in [1.29, 1.82) is 0 Å². The fourth-order valence-electron chi connectivity index (χ4n) is 2.29. The Kier molecular flexibility index (Phi) is 5.28. The van der Waals surface area contributed by atoms with Gasteiger partial charge in [-0.1, -0.05) is 55.0 Å². The van der Waals surface area contributed by atoms with E-state index >= 15 is 0 Å². The fourth-order valence-corrected chi connectivity index (χ4v) is 2.29. The summed E-state index contributed by atoms with van der Waals surface area (Å²) in [6, 6.07) is 14.7. The lowest BCUT2D eigenvalue weighted by Crippen LogP contribution is -2.23. The fraction of sp³-hybridized carbons (Fsp3) is 0.294. The van der Waals surface area contributed by atoms with Gasteiger partial charge in [0, 0.05) is 5.56 Å². The topological polar surface area (TPSA) is 21.3 Å². The molecule has 0 fully saturated rings. The predicted octanol–water partition coefficient (Wildman–Crippen LogP) is 4.30. The van der Waals surface area contributed by atoms with E-state index in [1.165, 1.54) is 0 Å². The molecule has 4 heteroatoms. The third kappa shape index (κ3) is 4.02. The summed E-state index contributed by atoms with van der Waals surface area (Å²) in [7, 11) is 0. The van der Waals surface area contributed by atoms with Crippen LogP contribution in [0.15, 0.2) is 48.5 Å². The molecule has 1 atom stereocenters. The zero-order chi connectivity index (χ0) is 15.2. The summed E-state index contributed by atoms with van der Waals surface area (Å²) in [6.45, 7) is 1.89. The first-order chi connectivity index (χ1) is 10.1. The van der Waals surface area contributed by atoms with Gasteiger partial charge in [-0.2, -0.15) is 8.78 Å². The second-order valence-corrected chi connectivity index (χ2v) is 4.82. The predicted molar refractivity (Wildman–Crippen MR) is 79.8 cm³/mol. The van der Waals surface area contributed by atoms with E-state index in [1.54, 1.807) is 12.1 Å². The number of para-hydroxylation sites is 1. The number of ether oxygens (including phenoxy) is 1. The number of benzene rings is 2. The van der Waals surface area contributed by atoms with Gasteiger partial charge in [-0.05, 0) is 25.1 Å². The molecule has 21 heavy (non-hydrogen) atoms. The van der Waals surface area contributed by atoms with Crippen LogP contribution < -0.4 is 10.1 Å². The minimum Gasteiger partial charge on any atom is -0.434 e. The number of alkyl halides is 2. The first-order valence-corrected chi connectivity index (χ1v) is 6.95. The van der Waals surface area contributed by atoms with Gasteiger partial charge in [0.25, 0.3) is 0 Å². The van der Waals surface area contributed by atoms with Crippen LogP contribution in [0.3, 0.4) is 0 Å². The van der Waals surface area contributed by atoms with Crippen molar-refractivity contribution in [2.24, 2.45) is 0 Å². The van der Waals surface area contributed by atoms with Gasteiger partial charge in [0.15, 0.2) is 0 Å². The molecular formula is C17H19F2NO. The monoisotopic (exact) mass is 291 g/mol. The van der Waals surface area contributed by atoms with Crippen molar-refractivity contribution in [3.8, 4) is 5.75 Å². The summed E-state index contributed by atoms with van der Waals surface area (Å²) in [5, 5.41) is 3.32. The molecule has 0 aliphatic carbocycles. The molecule has 0 aliphatic rings. The maximum atomic E-state index is 12.6. The Morgan fingerprint density at radius 1 is 1.05 bits per heavy atom. The van der Waals surface area contributed by atoms with Crippen molar-refractivity contribution in [3.05, 3.63) is 65.2 Å². The molecule has 2 aromatic rings. The molecule has 0 heterocycles. The summed E-state index contributed by atoms with van der Waals surface area (Å²) < 4.78 is 29.8. The van der Waals surface area contributed by atoms with Crippen LogP contribution in [0.4, 0.5) is 8.78 Å². The van der Waals surface area contributed by atoms with Crippen molar-refractivity contribution in [3.63, 3.8) is 0 Å². The van der Waals surface area contributed by atoms with Crippen LogP contribution in [0.5, 0.6) is 5.75 Å². The molecule has 0 amide bonds. The molecular weight excluding hydrogens is 272 g/mol. The third-order valence-electron chi connectivity index (χ3n) is 3.27. The van der Waals surface area contributed by atoms with Gasteiger partial charge < -0.3 is 10.1 Å². The summed E-state index contributed by atoms with van der Waals surface area (Å²) in [5.41, 5.74) is 2.89. The molecule has 0 aromatic heterocycles. The Morgan fingerprint density at radius 3 is 2.33 bits per heavy atom. The zero-order valence-electron chi connectivity index (χ0n) is 12.1. The molecule has 2 aromatic carbocycles. The average molecular weight is 291 g/mol. The molecule has 0 radical (unpaired) electrons. The normalized spacial score (nSPS) is 12.4. The van der Waals surface area contributed by atoms with Gasteiger partial charge in [0.2, 0.25) is 0 Å². The lowest BCUT2D eigenvalue weighted by Gasteiger charge is -2.22. The van der Waals surface area contributed by atoms with E-state index in [9.17, 15) is 8.78 Å². The van der Waals surface area contributed by atoms with Crippen LogP contribution in [0, 0.1) is 6.92 Å². The van der Waals surface area contributed by atoms with E-state index in [0.717, 1.165) is 17.7 Å². The average Bonchev–Trinajstić information content (AvgIpc) is 2.46. The van der Waals surface area contributed by atoms with E-state index in [0.29, 0.717) is 5.56 Å². The van der Waals surface area contributed by atoms with Gasteiger partial charge >= 0.3 is 6.61 Å². The lowest BCUT2D eigenvalue weighted by molar-refractivity contribution is -0.0506. The molecule has 112 valence electrons. The van der Waals surface area contributed by atoms with Crippen LogP contribution >= 0.6 is 0 Å². The largest absolute Gasteiger partial charge is 0.434 e. The van der Waals surface area contributed by atoms with Crippen LogP contribution in [-0.4, -0.2) is 13.2 Å². The van der Waals surface area contributed by atoms with E-state index in [-0.39, 0.29) is 11.8 Å². The SMILES string of the molecule is CCNC(c1ccc(C)cc1)c1ccccc1OC(F)F. The van der Waals surface area contributed by atoms with Gasteiger partial charge in [-0.25, -0.2) is 0 Å². The number of hydrogen-bond donors (Lipinski definition) is 1. The Labute approximate surface area is 123 Å². The molecule has 0 saturated heterocycles. The molecule has 0 bridgehead atoms. The summed E-state index contributed by atoms with van der Waals surface area (Å²) >= 11 is 0. The van der Waals surface area contributed by atoms with Crippen molar-refractivity contribution < 1.29 is 13.5 Å². The quantitative estimate of drug-likeness (QED) is 0.857. The first kappa shape index (κ1) is 15.4.